The van der Waals surface area contributed by atoms with Gasteiger partial charge in [0.2, 0.25) is 5.91 Å². The molecule has 1 aliphatic heterocycles. The molecule has 6 nitrogen and oxygen atoms in total. The third-order valence-corrected chi connectivity index (χ3v) is 3.89. The minimum Gasteiger partial charge on any atom is -0.376 e. The van der Waals surface area contributed by atoms with Crippen molar-refractivity contribution >= 4 is 17.3 Å². The Morgan fingerprint density at radius 1 is 1.29 bits per heavy atom. The number of anilines is 1. The summed E-state index contributed by atoms with van der Waals surface area (Å²) in [7, 11) is 0. The Hall–Kier alpha value is -2.11. The number of carbonyl (C=O) groups excluding carboxylic acids is 1. The predicted molar refractivity (Wildman–Crippen MR) is 81.4 cm³/mol. The number of hydrogen-bond acceptors (Lipinski definition) is 4. The lowest BCUT2D eigenvalue weighted by atomic mass is 10.1. The molecule has 1 aliphatic rings. The Balaban J connectivity index is 1.97. The van der Waals surface area contributed by atoms with Crippen LogP contribution in [0.25, 0.3) is 0 Å². The number of nitro groups is 1. The highest BCUT2D eigenvalue weighted by atomic mass is 16.6. The minimum atomic E-state index is -0.406. The van der Waals surface area contributed by atoms with Crippen molar-refractivity contribution in [3.05, 3.63) is 33.9 Å². The zero-order chi connectivity index (χ0) is 15.2. The second kappa shape index (κ2) is 7.06. The first-order valence-corrected chi connectivity index (χ1v) is 7.35. The van der Waals surface area contributed by atoms with Crippen molar-refractivity contribution in [2.75, 3.05) is 25.0 Å². The van der Waals surface area contributed by atoms with Crippen LogP contribution in [0.2, 0.25) is 0 Å². The minimum absolute atomic E-state index is 0.0582. The molecule has 2 rings (SSSR count). The molecular weight excluding hydrogens is 270 g/mol. The van der Waals surface area contributed by atoms with Crippen molar-refractivity contribution in [2.24, 2.45) is 0 Å². The molecule has 21 heavy (non-hydrogen) atoms. The number of nitrogens with one attached hydrogen (secondary N) is 1. The molecule has 0 bridgehead atoms. The van der Waals surface area contributed by atoms with Gasteiger partial charge in [0, 0.05) is 30.4 Å². The summed E-state index contributed by atoms with van der Waals surface area (Å²) < 4.78 is 0. The normalized spacial score (nSPS) is 15.4. The second-order valence-electron chi connectivity index (χ2n) is 5.36. The largest absolute Gasteiger partial charge is 0.376 e. The van der Waals surface area contributed by atoms with Crippen LogP contribution in [0.4, 0.5) is 11.4 Å². The first-order valence-electron chi connectivity index (χ1n) is 7.35. The molecule has 1 N–H and O–H groups in total. The van der Waals surface area contributed by atoms with Crippen molar-refractivity contribution in [2.45, 2.75) is 32.6 Å². The van der Waals surface area contributed by atoms with Gasteiger partial charge < -0.3 is 10.2 Å². The summed E-state index contributed by atoms with van der Waals surface area (Å²) in [6.07, 6.45) is 4.48. The maximum atomic E-state index is 12.2. The second-order valence-corrected chi connectivity index (χ2v) is 5.36. The van der Waals surface area contributed by atoms with Gasteiger partial charge in [0.05, 0.1) is 11.5 Å². The first-order chi connectivity index (χ1) is 10.1. The fourth-order valence-electron chi connectivity index (χ4n) is 2.62. The van der Waals surface area contributed by atoms with Crippen molar-refractivity contribution < 1.29 is 9.72 Å². The zero-order valence-corrected chi connectivity index (χ0v) is 12.3. The molecule has 1 heterocycles. The van der Waals surface area contributed by atoms with E-state index in [2.05, 4.69) is 5.32 Å². The highest BCUT2D eigenvalue weighted by Gasteiger charge is 2.17. The van der Waals surface area contributed by atoms with Crippen LogP contribution in [0.5, 0.6) is 0 Å². The topological polar surface area (TPSA) is 75.5 Å². The van der Waals surface area contributed by atoms with Crippen LogP contribution >= 0.6 is 0 Å². The third kappa shape index (κ3) is 3.93. The van der Waals surface area contributed by atoms with Crippen LogP contribution in [-0.4, -0.2) is 35.4 Å². The van der Waals surface area contributed by atoms with E-state index >= 15 is 0 Å². The molecule has 0 atom stereocenters. The van der Waals surface area contributed by atoms with Gasteiger partial charge in [-0.25, -0.2) is 0 Å². The number of amides is 1. The van der Waals surface area contributed by atoms with E-state index in [4.69, 9.17) is 0 Å². The van der Waals surface area contributed by atoms with Crippen LogP contribution < -0.4 is 5.32 Å². The molecule has 1 amide bonds. The van der Waals surface area contributed by atoms with Crippen molar-refractivity contribution in [1.29, 1.82) is 0 Å². The van der Waals surface area contributed by atoms with Gasteiger partial charge in [-0.2, -0.15) is 0 Å². The van der Waals surface area contributed by atoms with Gasteiger partial charge in [-0.1, -0.05) is 18.9 Å². The van der Waals surface area contributed by atoms with E-state index in [1.54, 1.807) is 19.1 Å². The highest BCUT2D eigenvalue weighted by molar-refractivity contribution is 5.81. The Labute approximate surface area is 124 Å². The average Bonchev–Trinajstić information content (AvgIpc) is 2.74. The molecule has 0 unspecified atom stereocenters. The number of rotatable bonds is 4. The van der Waals surface area contributed by atoms with E-state index in [-0.39, 0.29) is 18.1 Å². The molecule has 0 saturated carbocycles. The molecule has 0 spiro atoms. The molecule has 1 fully saturated rings. The lowest BCUT2D eigenvalue weighted by Crippen LogP contribution is -2.36. The Bertz CT molecular complexity index is 523. The fraction of sp³-hybridized carbons (Fsp3) is 0.533. The molecule has 0 aromatic heterocycles. The standard InChI is InChI=1S/C15H21N3O3/c1-12-13(7-6-8-14(12)18(20)21)16-11-15(19)17-9-4-2-3-5-10-17/h6-8,16H,2-5,9-11H2,1H3. The zero-order valence-electron chi connectivity index (χ0n) is 12.3. The SMILES string of the molecule is Cc1c(NCC(=O)N2CCCCCC2)cccc1[N+](=O)[O-]. The lowest BCUT2D eigenvalue weighted by Gasteiger charge is -2.21. The van der Waals surface area contributed by atoms with Crippen LogP contribution in [0, 0.1) is 17.0 Å². The smallest absolute Gasteiger partial charge is 0.274 e. The quantitative estimate of drug-likeness (QED) is 0.683. The number of carbonyl (C=O) groups is 1. The van der Waals surface area contributed by atoms with Gasteiger partial charge in [-0.05, 0) is 25.8 Å². The van der Waals surface area contributed by atoms with Gasteiger partial charge in [-0.15, -0.1) is 0 Å². The van der Waals surface area contributed by atoms with E-state index in [1.807, 2.05) is 4.90 Å². The van der Waals surface area contributed by atoms with Gasteiger partial charge in [-0.3, -0.25) is 14.9 Å². The average molecular weight is 291 g/mol. The molecule has 1 saturated heterocycles. The van der Waals surface area contributed by atoms with Crippen LogP contribution in [0.1, 0.15) is 31.2 Å². The van der Waals surface area contributed by atoms with E-state index in [0.717, 1.165) is 25.9 Å². The fourth-order valence-corrected chi connectivity index (χ4v) is 2.62. The number of nitrogens with zero attached hydrogens (tertiary/aromatic N) is 2. The van der Waals surface area contributed by atoms with Crippen molar-refractivity contribution in [1.82, 2.24) is 4.90 Å². The van der Waals surface area contributed by atoms with Crippen LogP contribution in [0.15, 0.2) is 18.2 Å². The summed E-state index contributed by atoms with van der Waals surface area (Å²) >= 11 is 0. The van der Waals surface area contributed by atoms with Crippen LogP contribution in [0.3, 0.4) is 0 Å². The van der Waals surface area contributed by atoms with Crippen molar-refractivity contribution in [3.8, 4) is 0 Å². The summed E-state index contributed by atoms with van der Waals surface area (Å²) in [6.45, 7) is 3.50. The summed E-state index contributed by atoms with van der Waals surface area (Å²) in [5.41, 5.74) is 1.28. The summed E-state index contributed by atoms with van der Waals surface area (Å²) in [5.74, 6) is 0.0582. The van der Waals surface area contributed by atoms with Crippen molar-refractivity contribution in [3.63, 3.8) is 0 Å². The van der Waals surface area contributed by atoms with Gasteiger partial charge in [0.25, 0.3) is 5.69 Å². The Kier molecular flexibility index (Phi) is 5.14. The summed E-state index contributed by atoms with van der Waals surface area (Å²) in [6, 6.07) is 4.86. The van der Waals surface area contributed by atoms with Gasteiger partial charge in [0.15, 0.2) is 0 Å². The van der Waals surface area contributed by atoms with E-state index in [1.165, 1.54) is 18.9 Å². The number of likely N-dealkylation sites (tertiary alicyclic amines) is 1. The first kappa shape index (κ1) is 15.3. The number of nitro benzene ring substituents is 1. The molecule has 0 aliphatic carbocycles. The molecule has 114 valence electrons. The molecule has 1 aromatic rings. The summed E-state index contributed by atoms with van der Waals surface area (Å²) in [4.78, 5) is 24.6. The van der Waals surface area contributed by atoms with Crippen LogP contribution in [-0.2, 0) is 4.79 Å². The van der Waals surface area contributed by atoms with E-state index in [9.17, 15) is 14.9 Å². The number of benzene rings is 1. The maximum Gasteiger partial charge on any atom is 0.274 e. The highest BCUT2D eigenvalue weighted by Crippen LogP contribution is 2.24. The number of hydrogen-bond donors (Lipinski definition) is 1. The molecule has 6 heteroatoms. The molecule has 1 aromatic carbocycles. The predicted octanol–water partition coefficient (Wildman–Crippen LogP) is 2.72. The molecular formula is C15H21N3O3. The Morgan fingerprint density at radius 3 is 2.57 bits per heavy atom. The van der Waals surface area contributed by atoms with E-state index in [0.29, 0.717) is 11.3 Å². The van der Waals surface area contributed by atoms with Gasteiger partial charge >= 0.3 is 0 Å². The lowest BCUT2D eigenvalue weighted by molar-refractivity contribution is -0.385. The molecule has 0 radical (unpaired) electrons. The monoisotopic (exact) mass is 291 g/mol. The van der Waals surface area contributed by atoms with E-state index < -0.39 is 4.92 Å². The maximum absolute atomic E-state index is 12.2. The van der Waals surface area contributed by atoms with Gasteiger partial charge in [0.1, 0.15) is 0 Å². The third-order valence-electron chi connectivity index (χ3n) is 3.89. The Morgan fingerprint density at radius 2 is 1.95 bits per heavy atom. The summed E-state index contributed by atoms with van der Waals surface area (Å²) in [5, 5.41) is 13.9.